The van der Waals surface area contributed by atoms with Gasteiger partial charge < -0.3 is 20.1 Å². The second-order valence-electron chi connectivity index (χ2n) is 5.77. The minimum atomic E-state index is -0.407. The number of hydrogen-bond donors (Lipinski definition) is 2. The molecule has 4 rings (SSSR count). The number of carbonyl (C=O) groups is 1. The molecule has 1 aliphatic heterocycles. The van der Waals surface area contributed by atoms with E-state index in [1.165, 1.54) is 36.5 Å². The van der Waals surface area contributed by atoms with Crippen molar-refractivity contribution in [3.8, 4) is 11.5 Å². The van der Waals surface area contributed by atoms with E-state index in [9.17, 15) is 9.18 Å². The van der Waals surface area contributed by atoms with Gasteiger partial charge in [-0.15, -0.1) is 0 Å². The van der Waals surface area contributed by atoms with E-state index in [1.54, 1.807) is 0 Å². The fourth-order valence-corrected chi connectivity index (χ4v) is 2.53. The van der Waals surface area contributed by atoms with Crippen LogP contribution in [-0.2, 0) is 6.54 Å². The van der Waals surface area contributed by atoms with Gasteiger partial charge in [0.15, 0.2) is 11.5 Å². The zero-order valence-corrected chi connectivity index (χ0v) is 14.1. The van der Waals surface area contributed by atoms with Crippen molar-refractivity contribution >= 4 is 17.5 Å². The van der Waals surface area contributed by atoms with Crippen molar-refractivity contribution in [3.05, 3.63) is 71.8 Å². The smallest absolute Gasteiger partial charge is 0.274 e. The van der Waals surface area contributed by atoms with Gasteiger partial charge >= 0.3 is 0 Å². The first-order valence-corrected chi connectivity index (χ1v) is 8.20. The van der Waals surface area contributed by atoms with Gasteiger partial charge in [0.05, 0.1) is 0 Å². The number of fused-ring (bicyclic) bond motifs is 1. The van der Waals surface area contributed by atoms with Gasteiger partial charge in [0.1, 0.15) is 11.5 Å². The standard InChI is InChI=1S/C19H15FN4O3/c20-13-2-4-14(5-3-13)23-18(25)15-7-8-21-19(24-15)22-10-12-1-6-16-17(9-12)27-11-26-16/h1-9H,10-11H2,(H,23,25)(H,21,22,24). The molecule has 0 radical (unpaired) electrons. The average molecular weight is 366 g/mol. The summed E-state index contributed by atoms with van der Waals surface area (Å²) < 4.78 is 23.6. The van der Waals surface area contributed by atoms with E-state index in [1.807, 2.05) is 18.2 Å². The number of nitrogens with one attached hydrogen (secondary N) is 2. The molecule has 0 spiro atoms. The Bertz CT molecular complexity index is 979. The molecule has 0 fully saturated rings. The highest BCUT2D eigenvalue weighted by Crippen LogP contribution is 2.32. The Labute approximate surface area is 154 Å². The lowest BCUT2D eigenvalue weighted by atomic mass is 10.2. The maximum atomic E-state index is 12.9. The molecule has 0 saturated heterocycles. The molecule has 0 bridgehead atoms. The summed E-state index contributed by atoms with van der Waals surface area (Å²) >= 11 is 0. The largest absolute Gasteiger partial charge is 0.454 e. The van der Waals surface area contributed by atoms with Gasteiger partial charge in [-0.3, -0.25) is 4.79 Å². The van der Waals surface area contributed by atoms with E-state index in [-0.39, 0.29) is 18.3 Å². The molecule has 0 atom stereocenters. The molecule has 0 aliphatic carbocycles. The molecule has 8 heteroatoms. The summed E-state index contributed by atoms with van der Waals surface area (Å²) in [4.78, 5) is 20.6. The van der Waals surface area contributed by atoms with Crippen molar-refractivity contribution in [2.45, 2.75) is 6.54 Å². The number of anilines is 2. The first-order chi connectivity index (χ1) is 13.2. The quantitative estimate of drug-likeness (QED) is 0.721. The number of nitrogens with zero attached hydrogens (tertiary/aromatic N) is 2. The third-order valence-corrected chi connectivity index (χ3v) is 3.88. The number of halogens is 1. The van der Waals surface area contributed by atoms with E-state index in [2.05, 4.69) is 20.6 Å². The van der Waals surface area contributed by atoms with Gasteiger partial charge in [0, 0.05) is 18.4 Å². The molecule has 3 aromatic rings. The summed E-state index contributed by atoms with van der Waals surface area (Å²) in [5, 5.41) is 5.73. The van der Waals surface area contributed by atoms with Crippen molar-refractivity contribution in [2.75, 3.05) is 17.4 Å². The summed E-state index contributed by atoms with van der Waals surface area (Å²) in [6, 6.07) is 12.6. The summed E-state index contributed by atoms with van der Waals surface area (Å²) in [5.41, 5.74) is 1.64. The molecular formula is C19H15FN4O3. The Kier molecular flexibility index (Phi) is 4.52. The van der Waals surface area contributed by atoms with Crippen molar-refractivity contribution in [2.24, 2.45) is 0 Å². The molecule has 1 amide bonds. The summed E-state index contributed by atoms with van der Waals surface area (Å²) in [6.07, 6.45) is 1.49. The Morgan fingerprint density at radius 3 is 2.74 bits per heavy atom. The first kappa shape index (κ1) is 16.8. The van der Waals surface area contributed by atoms with Crippen molar-refractivity contribution in [1.29, 1.82) is 0 Å². The van der Waals surface area contributed by atoms with Gasteiger partial charge in [0.2, 0.25) is 12.7 Å². The Hall–Kier alpha value is -3.68. The highest BCUT2D eigenvalue weighted by atomic mass is 19.1. The maximum Gasteiger partial charge on any atom is 0.274 e. The van der Waals surface area contributed by atoms with Crippen LogP contribution < -0.4 is 20.1 Å². The predicted octanol–water partition coefficient (Wildman–Crippen LogP) is 3.21. The number of rotatable bonds is 5. The van der Waals surface area contributed by atoms with Gasteiger partial charge in [-0.25, -0.2) is 14.4 Å². The number of carbonyl (C=O) groups excluding carboxylic acids is 1. The van der Waals surface area contributed by atoms with Gasteiger partial charge in [-0.1, -0.05) is 6.07 Å². The molecule has 27 heavy (non-hydrogen) atoms. The van der Waals surface area contributed by atoms with Crippen LogP contribution in [0.25, 0.3) is 0 Å². The van der Waals surface area contributed by atoms with Crippen LogP contribution in [0.4, 0.5) is 16.0 Å². The molecule has 1 aromatic heterocycles. The Morgan fingerprint density at radius 1 is 1.07 bits per heavy atom. The lowest BCUT2D eigenvalue weighted by molar-refractivity contribution is 0.102. The lowest BCUT2D eigenvalue weighted by Crippen LogP contribution is -2.15. The van der Waals surface area contributed by atoms with Crippen molar-refractivity contribution in [1.82, 2.24) is 9.97 Å². The van der Waals surface area contributed by atoms with Crippen molar-refractivity contribution in [3.63, 3.8) is 0 Å². The molecule has 2 heterocycles. The van der Waals surface area contributed by atoms with Crippen LogP contribution in [-0.4, -0.2) is 22.7 Å². The minimum Gasteiger partial charge on any atom is -0.454 e. The zero-order valence-electron chi connectivity index (χ0n) is 14.1. The van der Waals surface area contributed by atoms with E-state index < -0.39 is 5.91 Å². The van der Waals surface area contributed by atoms with Crippen LogP contribution in [0.15, 0.2) is 54.7 Å². The number of hydrogen-bond acceptors (Lipinski definition) is 6. The normalized spacial score (nSPS) is 11.9. The molecule has 7 nitrogen and oxygen atoms in total. The highest BCUT2D eigenvalue weighted by molar-refractivity contribution is 6.02. The molecule has 136 valence electrons. The number of aromatic nitrogens is 2. The van der Waals surface area contributed by atoms with Crippen LogP contribution in [0.2, 0.25) is 0 Å². The summed E-state index contributed by atoms with van der Waals surface area (Å²) in [5.74, 6) is 0.955. The number of benzene rings is 2. The lowest BCUT2D eigenvalue weighted by Gasteiger charge is -2.08. The Balaban J connectivity index is 1.41. The molecule has 2 N–H and O–H groups in total. The van der Waals surface area contributed by atoms with Crippen LogP contribution >= 0.6 is 0 Å². The fourth-order valence-electron chi connectivity index (χ4n) is 2.53. The predicted molar refractivity (Wildman–Crippen MR) is 96.3 cm³/mol. The molecule has 1 aliphatic rings. The van der Waals surface area contributed by atoms with E-state index >= 15 is 0 Å². The van der Waals surface area contributed by atoms with E-state index in [0.717, 1.165) is 11.3 Å². The van der Waals surface area contributed by atoms with Gasteiger partial charge in [0.25, 0.3) is 5.91 Å². The van der Waals surface area contributed by atoms with Crippen LogP contribution in [0.5, 0.6) is 11.5 Å². The van der Waals surface area contributed by atoms with Crippen LogP contribution in [0.3, 0.4) is 0 Å². The maximum absolute atomic E-state index is 12.9. The fraction of sp³-hybridized carbons (Fsp3) is 0.105. The number of ether oxygens (including phenoxy) is 2. The monoisotopic (exact) mass is 366 g/mol. The Morgan fingerprint density at radius 2 is 1.89 bits per heavy atom. The molecular weight excluding hydrogens is 351 g/mol. The van der Waals surface area contributed by atoms with Gasteiger partial charge in [-0.05, 0) is 48.0 Å². The summed E-state index contributed by atoms with van der Waals surface area (Å²) in [6.45, 7) is 0.681. The average Bonchev–Trinajstić information content (AvgIpc) is 3.16. The molecule has 0 saturated carbocycles. The third kappa shape index (κ3) is 3.95. The molecule has 0 unspecified atom stereocenters. The topological polar surface area (TPSA) is 85.4 Å². The second-order valence-corrected chi connectivity index (χ2v) is 5.77. The van der Waals surface area contributed by atoms with E-state index in [4.69, 9.17) is 9.47 Å². The number of amides is 1. The molecule has 2 aromatic carbocycles. The third-order valence-electron chi connectivity index (χ3n) is 3.88. The summed E-state index contributed by atoms with van der Waals surface area (Å²) in [7, 11) is 0. The SMILES string of the molecule is O=C(Nc1ccc(F)cc1)c1ccnc(NCc2ccc3c(c2)OCO3)n1. The van der Waals surface area contributed by atoms with Crippen molar-refractivity contribution < 1.29 is 18.7 Å². The van der Waals surface area contributed by atoms with E-state index in [0.29, 0.717) is 23.9 Å². The zero-order chi connectivity index (χ0) is 18.6. The van der Waals surface area contributed by atoms with Crippen LogP contribution in [0, 0.1) is 5.82 Å². The first-order valence-electron chi connectivity index (χ1n) is 8.20. The van der Waals surface area contributed by atoms with Gasteiger partial charge in [-0.2, -0.15) is 0 Å². The van der Waals surface area contributed by atoms with Crippen LogP contribution in [0.1, 0.15) is 16.1 Å². The highest BCUT2D eigenvalue weighted by Gasteiger charge is 2.13. The second kappa shape index (κ2) is 7.28. The minimum absolute atomic E-state index is 0.197.